The van der Waals surface area contributed by atoms with E-state index in [2.05, 4.69) is 32.9 Å². The molecule has 0 amide bonds. The van der Waals surface area contributed by atoms with E-state index in [4.69, 9.17) is 18.9 Å². The van der Waals surface area contributed by atoms with Crippen molar-refractivity contribution in [3.05, 3.63) is 12.2 Å². The van der Waals surface area contributed by atoms with E-state index >= 15 is 0 Å². The van der Waals surface area contributed by atoms with E-state index in [1.807, 2.05) is 0 Å². The quantitative estimate of drug-likeness (QED) is 0.329. The van der Waals surface area contributed by atoms with Crippen molar-refractivity contribution in [1.29, 1.82) is 0 Å². The molecule has 0 radical (unpaired) electrons. The van der Waals surface area contributed by atoms with Gasteiger partial charge in [-0.2, -0.15) is 0 Å². The lowest BCUT2D eigenvalue weighted by molar-refractivity contribution is -0.198. The highest BCUT2D eigenvalue weighted by Gasteiger charge is 2.51. The Hall–Kier alpha value is -0.750. The molecule has 0 bridgehead atoms. The predicted molar refractivity (Wildman–Crippen MR) is 117 cm³/mol. The van der Waals surface area contributed by atoms with Crippen molar-refractivity contribution in [3.8, 4) is 0 Å². The first-order chi connectivity index (χ1) is 14.5. The fourth-order valence-corrected chi connectivity index (χ4v) is 5.31. The van der Waals surface area contributed by atoms with Crippen molar-refractivity contribution in [3.63, 3.8) is 0 Å². The average Bonchev–Trinajstić information content (AvgIpc) is 3.36. The highest BCUT2D eigenvalue weighted by Crippen LogP contribution is 2.48. The van der Waals surface area contributed by atoms with E-state index in [-0.39, 0.29) is 23.7 Å². The third-order valence-electron chi connectivity index (χ3n) is 7.19. The molecule has 0 N–H and O–H groups in total. The molecule has 3 fully saturated rings. The molecule has 2 saturated heterocycles. The summed E-state index contributed by atoms with van der Waals surface area (Å²) in [6, 6.07) is 0. The molecular weight excluding hydrogens is 380 g/mol. The van der Waals surface area contributed by atoms with Crippen molar-refractivity contribution in [1.82, 2.24) is 0 Å². The van der Waals surface area contributed by atoms with Crippen molar-refractivity contribution in [2.75, 3.05) is 19.8 Å². The van der Waals surface area contributed by atoms with E-state index in [1.54, 1.807) is 0 Å². The zero-order chi connectivity index (χ0) is 21.5. The standard InChI is InChI=1S/C25H42O5/c1-4-5-14-24(2,3)22(30-23-10-6-7-17-27-23)12-11-20-13-15-25(28-18-19-29-25)21(20)9-8-16-26/h11-12,16,20-23H,4-10,13-15,17-19H2,1-3H3. The fourth-order valence-electron chi connectivity index (χ4n) is 5.31. The van der Waals surface area contributed by atoms with Crippen LogP contribution in [0.15, 0.2) is 12.2 Å². The minimum atomic E-state index is -0.488. The van der Waals surface area contributed by atoms with Gasteiger partial charge in [0, 0.05) is 25.4 Å². The second kappa shape index (κ2) is 11.2. The SMILES string of the molecule is CCCCC(C)(C)C(C=CC1CCC2(OCCO2)C1CCC=O)OC1CCCCO1. The van der Waals surface area contributed by atoms with Gasteiger partial charge in [-0.05, 0) is 49.9 Å². The number of rotatable bonds is 11. The van der Waals surface area contributed by atoms with Crippen molar-refractivity contribution in [2.24, 2.45) is 17.3 Å². The van der Waals surface area contributed by atoms with Crippen LogP contribution in [0.4, 0.5) is 0 Å². The first kappa shape index (κ1) is 23.9. The maximum absolute atomic E-state index is 11.1. The van der Waals surface area contributed by atoms with E-state index in [1.165, 1.54) is 19.3 Å². The maximum atomic E-state index is 11.1. The van der Waals surface area contributed by atoms with Crippen molar-refractivity contribution < 1.29 is 23.7 Å². The van der Waals surface area contributed by atoms with Crippen LogP contribution in [0.3, 0.4) is 0 Å². The molecule has 5 nitrogen and oxygen atoms in total. The lowest BCUT2D eigenvalue weighted by Gasteiger charge is -2.36. The van der Waals surface area contributed by atoms with Crippen LogP contribution in [0.2, 0.25) is 0 Å². The number of hydrogen-bond acceptors (Lipinski definition) is 5. The monoisotopic (exact) mass is 422 g/mol. The fraction of sp³-hybridized carbons (Fsp3) is 0.880. The van der Waals surface area contributed by atoms with E-state index in [0.717, 1.165) is 51.4 Å². The highest BCUT2D eigenvalue weighted by molar-refractivity contribution is 5.49. The average molecular weight is 423 g/mol. The summed E-state index contributed by atoms with van der Waals surface area (Å²) < 4.78 is 24.5. The Morgan fingerprint density at radius 2 is 1.97 bits per heavy atom. The first-order valence-corrected chi connectivity index (χ1v) is 12.2. The molecule has 4 unspecified atom stereocenters. The second-order valence-electron chi connectivity index (χ2n) is 9.89. The molecule has 4 atom stereocenters. The molecule has 172 valence electrons. The molecule has 5 heteroatoms. The Bertz CT molecular complexity index is 546. The summed E-state index contributed by atoms with van der Waals surface area (Å²) in [5.41, 5.74) is 0.0439. The van der Waals surface area contributed by atoms with Gasteiger partial charge in [-0.15, -0.1) is 0 Å². The smallest absolute Gasteiger partial charge is 0.171 e. The predicted octanol–water partition coefficient (Wildman–Crippen LogP) is 5.42. The molecular formula is C25H42O5. The van der Waals surface area contributed by atoms with E-state index in [9.17, 15) is 4.79 Å². The Morgan fingerprint density at radius 1 is 1.17 bits per heavy atom. The molecule has 0 aromatic rings. The molecule has 0 aromatic carbocycles. The van der Waals surface area contributed by atoms with Gasteiger partial charge in [-0.25, -0.2) is 0 Å². The van der Waals surface area contributed by atoms with Crippen molar-refractivity contribution >= 4 is 6.29 Å². The lowest BCUT2D eigenvalue weighted by Crippen LogP contribution is -2.37. The largest absolute Gasteiger partial charge is 0.353 e. The molecule has 30 heavy (non-hydrogen) atoms. The van der Waals surface area contributed by atoms with Gasteiger partial charge in [0.15, 0.2) is 12.1 Å². The van der Waals surface area contributed by atoms with Gasteiger partial charge in [0.2, 0.25) is 0 Å². The lowest BCUT2D eigenvalue weighted by atomic mass is 9.80. The summed E-state index contributed by atoms with van der Waals surface area (Å²) in [5.74, 6) is 0.0914. The minimum Gasteiger partial charge on any atom is -0.353 e. The number of ether oxygens (including phenoxy) is 4. The Kier molecular flexibility index (Phi) is 8.94. The molecule has 2 heterocycles. The van der Waals surface area contributed by atoms with Crippen LogP contribution < -0.4 is 0 Å². The van der Waals surface area contributed by atoms with Gasteiger partial charge < -0.3 is 23.7 Å². The Morgan fingerprint density at radius 3 is 2.63 bits per heavy atom. The summed E-state index contributed by atoms with van der Waals surface area (Å²) in [6.07, 6.45) is 15.6. The third kappa shape index (κ3) is 5.93. The van der Waals surface area contributed by atoms with E-state index < -0.39 is 5.79 Å². The molecule has 2 aliphatic heterocycles. The van der Waals surface area contributed by atoms with Crippen LogP contribution in [0.5, 0.6) is 0 Å². The second-order valence-corrected chi connectivity index (χ2v) is 9.89. The van der Waals surface area contributed by atoms with Crippen LogP contribution >= 0.6 is 0 Å². The number of unbranched alkanes of at least 4 members (excludes halogenated alkanes) is 1. The number of carbonyl (C=O) groups is 1. The summed E-state index contributed by atoms with van der Waals surface area (Å²) in [5, 5.41) is 0. The number of aldehydes is 1. The molecule has 1 spiro atoms. The number of carbonyl (C=O) groups excluding carboxylic acids is 1. The summed E-state index contributed by atoms with van der Waals surface area (Å²) in [6.45, 7) is 8.96. The van der Waals surface area contributed by atoms with E-state index in [0.29, 0.717) is 25.6 Å². The van der Waals surface area contributed by atoms with Crippen LogP contribution in [0, 0.1) is 17.3 Å². The normalized spacial score (nSPS) is 30.3. The highest BCUT2D eigenvalue weighted by atomic mass is 16.7. The molecule has 0 aromatic heterocycles. The van der Waals surface area contributed by atoms with Crippen LogP contribution in [0.25, 0.3) is 0 Å². The molecule has 3 aliphatic rings. The summed E-state index contributed by atoms with van der Waals surface area (Å²) >= 11 is 0. The van der Waals surface area contributed by atoms with Gasteiger partial charge in [0.1, 0.15) is 6.29 Å². The molecule has 1 aliphatic carbocycles. The minimum absolute atomic E-state index is 0.0147. The molecule has 1 saturated carbocycles. The zero-order valence-electron chi connectivity index (χ0n) is 19.3. The summed E-state index contributed by atoms with van der Waals surface area (Å²) in [7, 11) is 0. The van der Waals surface area contributed by atoms with Crippen LogP contribution in [0.1, 0.15) is 85.0 Å². The van der Waals surface area contributed by atoms with Crippen molar-refractivity contribution in [2.45, 2.75) is 103 Å². The van der Waals surface area contributed by atoms with Gasteiger partial charge in [0.25, 0.3) is 0 Å². The van der Waals surface area contributed by atoms with Gasteiger partial charge in [-0.3, -0.25) is 0 Å². The third-order valence-corrected chi connectivity index (χ3v) is 7.19. The maximum Gasteiger partial charge on any atom is 0.171 e. The van der Waals surface area contributed by atoms with Crippen LogP contribution in [-0.2, 0) is 23.7 Å². The summed E-state index contributed by atoms with van der Waals surface area (Å²) in [4.78, 5) is 11.1. The van der Waals surface area contributed by atoms with Gasteiger partial charge >= 0.3 is 0 Å². The van der Waals surface area contributed by atoms with Crippen LogP contribution in [-0.4, -0.2) is 44.3 Å². The van der Waals surface area contributed by atoms with Gasteiger partial charge in [0.05, 0.1) is 19.3 Å². The Balaban J connectivity index is 1.73. The Labute approximate surface area is 182 Å². The number of hydrogen-bond donors (Lipinski definition) is 0. The first-order valence-electron chi connectivity index (χ1n) is 12.2. The number of allylic oxidation sites excluding steroid dienone is 1. The zero-order valence-corrected chi connectivity index (χ0v) is 19.3. The van der Waals surface area contributed by atoms with Gasteiger partial charge in [-0.1, -0.05) is 45.8 Å². The molecule has 3 rings (SSSR count). The topological polar surface area (TPSA) is 54.0 Å².